The van der Waals surface area contributed by atoms with Gasteiger partial charge in [0.1, 0.15) is 0 Å². The van der Waals surface area contributed by atoms with Crippen LogP contribution in [0.2, 0.25) is 0 Å². The summed E-state index contributed by atoms with van der Waals surface area (Å²) < 4.78 is 0. The van der Waals surface area contributed by atoms with Crippen molar-refractivity contribution < 1.29 is 14.4 Å². The second-order valence-electron chi connectivity index (χ2n) is 8.37. The largest absolute Gasteiger partial charge is 0.337 e. The molecule has 168 valence electrons. The standard InChI is InChI=1S/C27H27N3O3/c1-19-10-6-9-15-24(19)30-18-21(16-25(30)31)26(32)28-23-14-8-7-13-22(23)27(33)29(2)17-20-11-4-3-5-12-20/h3-15,21H,16-18H2,1-2H3,(H,28,32). The van der Waals surface area contributed by atoms with Gasteiger partial charge in [-0.2, -0.15) is 0 Å². The molecule has 1 atom stereocenters. The third-order valence-corrected chi connectivity index (χ3v) is 5.93. The molecule has 0 saturated carbocycles. The smallest absolute Gasteiger partial charge is 0.256 e. The molecule has 0 aromatic heterocycles. The van der Waals surface area contributed by atoms with E-state index >= 15 is 0 Å². The second-order valence-corrected chi connectivity index (χ2v) is 8.37. The number of hydrogen-bond acceptors (Lipinski definition) is 3. The maximum atomic E-state index is 13.1. The van der Waals surface area contributed by atoms with E-state index < -0.39 is 5.92 Å². The Labute approximate surface area is 193 Å². The quantitative estimate of drug-likeness (QED) is 0.621. The minimum Gasteiger partial charge on any atom is -0.337 e. The number of carbonyl (C=O) groups is 3. The van der Waals surface area contributed by atoms with Crippen LogP contribution in [0.5, 0.6) is 0 Å². The van der Waals surface area contributed by atoms with Crippen LogP contribution in [0.1, 0.15) is 27.9 Å². The Morgan fingerprint density at radius 2 is 1.64 bits per heavy atom. The summed E-state index contributed by atoms with van der Waals surface area (Å²) >= 11 is 0. The third-order valence-electron chi connectivity index (χ3n) is 5.93. The number of benzene rings is 3. The molecule has 3 amide bonds. The summed E-state index contributed by atoms with van der Waals surface area (Å²) in [5.41, 5.74) is 3.72. The SMILES string of the molecule is Cc1ccccc1N1CC(C(=O)Nc2ccccc2C(=O)N(C)Cc2ccccc2)CC1=O. The lowest BCUT2D eigenvalue weighted by molar-refractivity contribution is -0.122. The van der Waals surface area contributed by atoms with Crippen LogP contribution in [-0.4, -0.2) is 36.2 Å². The van der Waals surface area contributed by atoms with Gasteiger partial charge in [-0.05, 0) is 36.2 Å². The van der Waals surface area contributed by atoms with Crippen LogP contribution in [0.4, 0.5) is 11.4 Å². The highest BCUT2D eigenvalue weighted by molar-refractivity contribution is 6.07. The summed E-state index contributed by atoms with van der Waals surface area (Å²) in [7, 11) is 1.74. The summed E-state index contributed by atoms with van der Waals surface area (Å²) in [6.45, 7) is 2.73. The highest BCUT2D eigenvalue weighted by atomic mass is 16.2. The van der Waals surface area contributed by atoms with Crippen molar-refractivity contribution >= 4 is 29.1 Å². The number of nitrogens with zero attached hydrogens (tertiary/aromatic N) is 2. The average molecular weight is 442 g/mol. The first-order valence-corrected chi connectivity index (χ1v) is 11.0. The van der Waals surface area contributed by atoms with E-state index in [-0.39, 0.29) is 24.1 Å². The lowest BCUT2D eigenvalue weighted by atomic mass is 10.1. The van der Waals surface area contributed by atoms with Gasteiger partial charge in [-0.25, -0.2) is 0 Å². The molecule has 4 rings (SSSR count). The highest BCUT2D eigenvalue weighted by Crippen LogP contribution is 2.29. The zero-order chi connectivity index (χ0) is 23.4. The van der Waals surface area contributed by atoms with Crippen LogP contribution in [0.3, 0.4) is 0 Å². The average Bonchev–Trinajstić information content (AvgIpc) is 3.21. The van der Waals surface area contributed by atoms with E-state index in [9.17, 15) is 14.4 Å². The van der Waals surface area contributed by atoms with E-state index in [2.05, 4.69) is 5.32 Å². The molecule has 3 aromatic rings. The minimum absolute atomic E-state index is 0.0728. The van der Waals surface area contributed by atoms with Gasteiger partial charge in [0.15, 0.2) is 0 Å². The van der Waals surface area contributed by atoms with E-state index in [1.807, 2.05) is 61.5 Å². The Bertz CT molecular complexity index is 1180. The Balaban J connectivity index is 1.46. The number of aryl methyl sites for hydroxylation is 1. The normalized spacial score (nSPS) is 15.4. The van der Waals surface area contributed by atoms with Crippen molar-refractivity contribution in [3.63, 3.8) is 0 Å². The van der Waals surface area contributed by atoms with Crippen molar-refractivity contribution in [1.82, 2.24) is 4.90 Å². The number of amides is 3. The molecule has 1 saturated heterocycles. The predicted molar refractivity (Wildman–Crippen MR) is 129 cm³/mol. The van der Waals surface area contributed by atoms with Gasteiger partial charge in [0.2, 0.25) is 11.8 Å². The van der Waals surface area contributed by atoms with Crippen molar-refractivity contribution in [3.05, 3.63) is 95.6 Å². The molecule has 1 heterocycles. The Morgan fingerprint density at radius 1 is 0.970 bits per heavy atom. The molecular weight excluding hydrogens is 414 g/mol. The van der Waals surface area contributed by atoms with Crippen molar-refractivity contribution in [2.24, 2.45) is 5.92 Å². The first-order chi connectivity index (χ1) is 15.9. The zero-order valence-corrected chi connectivity index (χ0v) is 18.8. The van der Waals surface area contributed by atoms with E-state index in [1.54, 1.807) is 41.1 Å². The molecule has 1 N–H and O–H groups in total. The first-order valence-electron chi connectivity index (χ1n) is 11.0. The van der Waals surface area contributed by atoms with Crippen LogP contribution in [0, 0.1) is 12.8 Å². The summed E-state index contributed by atoms with van der Waals surface area (Å²) in [5.74, 6) is -0.997. The monoisotopic (exact) mass is 441 g/mol. The topological polar surface area (TPSA) is 69.7 Å². The van der Waals surface area contributed by atoms with E-state index in [4.69, 9.17) is 0 Å². The van der Waals surface area contributed by atoms with Crippen molar-refractivity contribution in [1.29, 1.82) is 0 Å². The van der Waals surface area contributed by atoms with E-state index in [0.29, 0.717) is 24.3 Å². The van der Waals surface area contributed by atoms with Gasteiger partial charge in [0, 0.05) is 32.2 Å². The highest BCUT2D eigenvalue weighted by Gasteiger charge is 2.36. The fourth-order valence-electron chi connectivity index (χ4n) is 4.13. The molecule has 1 unspecified atom stereocenters. The molecule has 0 spiro atoms. The molecule has 33 heavy (non-hydrogen) atoms. The molecule has 1 fully saturated rings. The lowest BCUT2D eigenvalue weighted by Gasteiger charge is -2.20. The molecule has 1 aliphatic rings. The first kappa shape index (κ1) is 22.3. The van der Waals surface area contributed by atoms with Gasteiger partial charge < -0.3 is 15.1 Å². The fraction of sp³-hybridized carbons (Fsp3) is 0.222. The van der Waals surface area contributed by atoms with Gasteiger partial charge in [-0.3, -0.25) is 14.4 Å². The molecule has 0 radical (unpaired) electrons. The zero-order valence-electron chi connectivity index (χ0n) is 18.8. The van der Waals surface area contributed by atoms with Crippen LogP contribution >= 0.6 is 0 Å². The Hall–Kier alpha value is -3.93. The second kappa shape index (κ2) is 9.69. The Kier molecular flexibility index (Phi) is 6.54. The summed E-state index contributed by atoms with van der Waals surface area (Å²) in [4.78, 5) is 42.1. The van der Waals surface area contributed by atoms with Crippen molar-refractivity contribution in [3.8, 4) is 0 Å². The van der Waals surface area contributed by atoms with Gasteiger partial charge in [0.25, 0.3) is 5.91 Å². The van der Waals surface area contributed by atoms with Gasteiger partial charge in [-0.1, -0.05) is 60.7 Å². The molecule has 1 aliphatic heterocycles. The molecule has 0 bridgehead atoms. The number of para-hydroxylation sites is 2. The van der Waals surface area contributed by atoms with E-state index in [1.165, 1.54) is 0 Å². The van der Waals surface area contributed by atoms with Crippen LogP contribution in [-0.2, 0) is 16.1 Å². The number of carbonyl (C=O) groups excluding carboxylic acids is 3. The van der Waals surface area contributed by atoms with Crippen LogP contribution in [0.25, 0.3) is 0 Å². The number of nitrogens with one attached hydrogen (secondary N) is 1. The number of hydrogen-bond donors (Lipinski definition) is 1. The van der Waals surface area contributed by atoms with Gasteiger partial charge >= 0.3 is 0 Å². The lowest BCUT2D eigenvalue weighted by Crippen LogP contribution is -2.30. The predicted octanol–water partition coefficient (Wildman–Crippen LogP) is 4.26. The Morgan fingerprint density at radius 3 is 2.39 bits per heavy atom. The maximum Gasteiger partial charge on any atom is 0.256 e. The molecule has 6 heteroatoms. The number of rotatable bonds is 6. The van der Waals surface area contributed by atoms with E-state index in [0.717, 1.165) is 16.8 Å². The van der Waals surface area contributed by atoms with Gasteiger partial charge in [-0.15, -0.1) is 0 Å². The van der Waals surface area contributed by atoms with Crippen molar-refractivity contribution in [2.75, 3.05) is 23.8 Å². The van der Waals surface area contributed by atoms with Crippen molar-refractivity contribution in [2.45, 2.75) is 19.9 Å². The summed E-state index contributed by atoms with van der Waals surface area (Å²) in [6.07, 6.45) is 0.143. The summed E-state index contributed by atoms with van der Waals surface area (Å²) in [5, 5.41) is 2.89. The summed E-state index contributed by atoms with van der Waals surface area (Å²) in [6, 6.07) is 24.4. The fourth-order valence-corrected chi connectivity index (χ4v) is 4.13. The number of anilines is 2. The van der Waals surface area contributed by atoms with Gasteiger partial charge in [0.05, 0.1) is 17.2 Å². The molecule has 0 aliphatic carbocycles. The molecule has 3 aromatic carbocycles. The van der Waals surface area contributed by atoms with Crippen LogP contribution in [0.15, 0.2) is 78.9 Å². The molecular formula is C27H27N3O3. The van der Waals surface area contributed by atoms with Crippen LogP contribution < -0.4 is 10.2 Å². The third kappa shape index (κ3) is 4.95. The molecule has 6 nitrogen and oxygen atoms in total. The maximum absolute atomic E-state index is 13.1. The minimum atomic E-state index is -0.484.